The number of hydrogen-bond acceptors (Lipinski definition) is 2. The average Bonchev–Trinajstić information content (AvgIpc) is 3.08. The number of benzene rings is 1. The van der Waals surface area contributed by atoms with Gasteiger partial charge in [-0.25, -0.2) is 0 Å². The monoisotopic (exact) mass is 242 g/mol. The van der Waals surface area contributed by atoms with Crippen molar-refractivity contribution in [3.63, 3.8) is 0 Å². The van der Waals surface area contributed by atoms with Crippen LogP contribution in [0.5, 0.6) is 0 Å². The molecule has 0 amide bonds. The maximum absolute atomic E-state index is 10.3. The molecule has 3 unspecified atom stereocenters. The minimum absolute atomic E-state index is 0.349. The Labute approximate surface area is 107 Å². The summed E-state index contributed by atoms with van der Waals surface area (Å²) < 4.78 is 1.86. The molecule has 0 aliphatic heterocycles. The average molecular weight is 242 g/mol. The predicted octanol–water partition coefficient (Wildman–Crippen LogP) is 2.74. The third-order valence-corrected chi connectivity index (χ3v) is 3.79. The lowest BCUT2D eigenvalue weighted by Crippen LogP contribution is -2.00. The fourth-order valence-corrected chi connectivity index (χ4v) is 2.60. The zero-order valence-electron chi connectivity index (χ0n) is 10.5. The lowest BCUT2D eigenvalue weighted by molar-refractivity contribution is 0.151. The van der Waals surface area contributed by atoms with Crippen LogP contribution in [0.25, 0.3) is 0 Å². The van der Waals surface area contributed by atoms with Gasteiger partial charge in [-0.2, -0.15) is 5.10 Å². The highest BCUT2D eigenvalue weighted by atomic mass is 16.3. The van der Waals surface area contributed by atoms with Crippen LogP contribution in [0.3, 0.4) is 0 Å². The Morgan fingerprint density at radius 1 is 1.39 bits per heavy atom. The molecule has 1 aromatic heterocycles. The summed E-state index contributed by atoms with van der Waals surface area (Å²) in [5.74, 6) is 0.855. The van der Waals surface area contributed by atoms with E-state index in [2.05, 4.69) is 29.4 Å². The highest BCUT2D eigenvalue weighted by Gasteiger charge is 2.44. The van der Waals surface area contributed by atoms with Crippen LogP contribution in [0.1, 0.15) is 36.5 Å². The molecule has 3 atom stereocenters. The van der Waals surface area contributed by atoms with Crippen molar-refractivity contribution in [3.05, 3.63) is 53.9 Å². The second-order valence-corrected chi connectivity index (χ2v) is 4.99. The van der Waals surface area contributed by atoms with E-state index in [0.717, 1.165) is 18.5 Å². The lowest BCUT2D eigenvalue weighted by atomic mass is 10.0. The molecule has 0 saturated heterocycles. The van der Waals surface area contributed by atoms with Gasteiger partial charge in [-0.05, 0) is 30.7 Å². The molecule has 1 heterocycles. The summed E-state index contributed by atoms with van der Waals surface area (Å²) in [6.45, 7) is 2.90. The van der Waals surface area contributed by atoms with Crippen molar-refractivity contribution < 1.29 is 5.11 Å². The van der Waals surface area contributed by atoms with Crippen molar-refractivity contribution in [2.24, 2.45) is 5.92 Å². The Hall–Kier alpha value is -1.61. The molecule has 18 heavy (non-hydrogen) atoms. The van der Waals surface area contributed by atoms with E-state index in [9.17, 15) is 5.11 Å². The summed E-state index contributed by atoms with van der Waals surface area (Å²) >= 11 is 0. The van der Waals surface area contributed by atoms with Crippen molar-refractivity contribution in [1.29, 1.82) is 0 Å². The van der Waals surface area contributed by atoms with E-state index in [-0.39, 0.29) is 6.10 Å². The molecular weight excluding hydrogens is 224 g/mol. The van der Waals surface area contributed by atoms with Crippen LogP contribution >= 0.6 is 0 Å². The molecule has 94 valence electrons. The highest BCUT2D eigenvalue weighted by Crippen LogP contribution is 2.53. The Morgan fingerprint density at radius 3 is 2.83 bits per heavy atom. The van der Waals surface area contributed by atoms with Gasteiger partial charge in [0.05, 0.1) is 12.3 Å². The Balaban J connectivity index is 1.70. The SMILES string of the molecule is CCn1cc(C(O)C2CC2c2ccccc2)cn1. The first kappa shape index (κ1) is 11.5. The van der Waals surface area contributed by atoms with Crippen LogP contribution in [0, 0.1) is 5.92 Å². The van der Waals surface area contributed by atoms with Gasteiger partial charge in [0.25, 0.3) is 0 Å². The van der Waals surface area contributed by atoms with Crippen molar-refractivity contribution >= 4 is 0 Å². The number of aliphatic hydroxyl groups excluding tert-OH is 1. The first-order chi connectivity index (χ1) is 8.79. The number of nitrogens with zero attached hydrogens (tertiary/aromatic N) is 2. The molecule has 0 spiro atoms. The fourth-order valence-electron chi connectivity index (χ4n) is 2.60. The molecule has 0 bridgehead atoms. The fraction of sp³-hybridized carbons (Fsp3) is 0.400. The zero-order valence-corrected chi connectivity index (χ0v) is 10.5. The van der Waals surface area contributed by atoms with Crippen LogP contribution in [0.15, 0.2) is 42.7 Å². The molecular formula is C15H18N2O. The summed E-state index contributed by atoms with van der Waals surface area (Å²) in [4.78, 5) is 0. The quantitative estimate of drug-likeness (QED) is 0.895. The molecule has 1 aliphatic carbocycles. The molecule has 0 radical (unpaired) electrons. The summed E-state index contributed by atoms with van der Waals surface area (Å²) in [6.07, 6.45) is 4.43. The maximum Gasteiger partial charge on any atom is 0.0854 e. The van der Waals surface area contributed by atoms with Gasteiger partial charge < -0.3 is 5.11 Å². The standard InChI is InChI=1S/C15H18N2O/c1-2-17-10-12(9-16-17)15(18)14-8-13(14)11-6-4-3-5-7-11/h3-7,9-10,13-15,18H,2,8H2,1H3. The molecule has 2 aromatic rings. The van der Waals surface area contributed by atoms with E-state index in [0.29, 0.717) is 11.8 Å². The highest BCUT2D eigenvalue weighted by molar-refractivity contribution is 5.28. The number of hydrogen-bond donors (Lipinski definition) is 1. The van der Waals surface area contributed by atoms with E-state index < -0.39 is 0 Å². The third kappa shape index (κ3) is 2.06. The predicted molar refractivity (Wildman–Crippen MR) is 70.2 cm³/mol. The van der Waals surface area contributed by atoms with E-state index in [1.165, 1.54) is 5.56 Å². The van der Waals surface area contributed by atoms with Crippen LogP contribution in [-0.4, -0.2) is 14.9 Å². The van der Waals surface area contributed by atoms with Gasteiger partial charge in [0.2, 0.25) is 0 Å². The molecule has 1 aromatic carbocycles. The smallest absolute Gasteiger partial charge is 0.0854 e. The van der Waals surface area contributed by atoms with Gasteiger partial charge in [0.15, 0.2) is 0 Å². The van der Waals surface area contributed by atoms with E-state index in [1.54, 1.807) is 6.20 Å². The van der Waals surface area contributed by atoms with Crippen LogP contribution in [0.4, 0.5) is 0 Å². The molecule has 1 saturated carbocycles. The van der Waals surface area contributed by atoms with Crippen molar-refractivity contribution in [3.8, 4) is 0 Å². The topological polar surface area (TPSA) is 38.0 Å². The molecule has 1 N–H and O–H groups in total. The van der Waals surface area contributed by atoms with Gasteiger partial charge in [0, 0.05) is 18.3 Å². The zero-order chi connectivity index (χ0) is 12.5. The van der Waals surface area contributed by atoms with Crippen LogP contribution in [0.2, 0.25) is 0 Å². The normalized spacial score (nSPS) is 23.9. The van der Waals surface area contributed by atoms with Gasteiger partial charge >= 0.3 is 0 Å². The van der Waals surface area contributed by atoms with E-state index in [4.69, 9.17) is 0 Å². The third-order valence-electron chi connectivity index (χ3n) is 3.79. The van der Waals surface area contributed by atoms with Gasteiger partial charge in [-0.3, -0.25) is 4.68 Å². The first-order valence-corrected chi connectivity index (χ1v) is 6.55. The summed E-state index contributed by atoms with van der Waals surface area (Å²) in [6, 6.07) is 10.4. The summed E-state index contributed by atoms with van der Waals surface area (Å²) in [5.41, 5.74) is 2.28. The van der Waals surface area contributed by atoms with Gasteiger partial charge in [0.1, 0.15) is 0 Å². The Bertz CT molecular complexity index is 520. The molecule has 1 aliphatic rings. The van der Waals surface area contributed by atoms with Crippen molar-refractivity contribution in [2.45, 2.75) is 31.9 Å². The van der Waals surface area contributed by atoms with Crippen LogP contribution in [-0.2, 0) is 6.54 Å². The van der Waals surface area contributed by atoms with Crippen molar-refractivity contribution in [1.82, 2.24) is 9.78 Å². The Morgan fingerprint density at radius 2 is 2.17 bits per heavy atom. The molecule has 3 nitrogen and oxygen atoms in total. The minimum Gasteiger partial charge on any atom is -0.388 e. The number of rotatable bonds is 4. The summed E-state index contributed by atoms with van der Waals surface area (Å²) in [5, 5.41) is 14.6. The molecule has 3 heteroatoms. The van der Waals surface area contributed by atoms with Gasteiger partial charge in [-0.15, -0.1) is 0 Å². The minimum atomic E-state index is -0.379. The lowest BCUT2D eigenvalue weighted by Gasteiger charge is -2.07. The second-order valence-electron chi connectivity index (χ2n) is 4.99. The number of aromatic nitrogens is 2. The number of aliphatic hydroxyl groups is 1. The molecule has 3 rings (SSSR count). The van der Waals surface area contributed by atoms with Gasteiger partial charge in [-0.1, -0.05) is 30.3 Å². The second kappa shape index (κ2) is 4.58. The van der Waals surface area contributed by atoms with E-state index >= 15 is 0 Å². The number of aryl methyl sites for hydroxylation is 1. The maximum atomic E-state index is 10.3. The molecule has 1 fully saturated rings. The Kier molecular flexibility index (Phi) is 2.92. The first-order valence-electron chi connectivity index (χ1n) is 6.55. The van der Waals surface area contributed by atoms with Crippen LogP contribution < -0.4 is 0 Å². The van der Waals surface area contributed by atoms with Crippen molar-refractivity contribution in [2.75, 3.05) is 0 Å². The van der Waals surface area contributed by atoms with E-state index in [1.807, 2.05) is 23.9 Å². The largest absolute Gasteiger partial charge is 0.388 e. The summed E-state index contributed by atoms with van der Waals surface area (Å²) in [7, 11) is 0.